The molecule has 0 saturated heterocycles. The molecule has 0 aliphatic carbocycles. The van der Waals surface area contributed by atoms with Crippen molar-refractivity contribution in [1.82, 2.24) is 0 Å². The number of rotatable bonds is 16. The second kappa shape index (κ2) is 15.4. The summed E-state index contributed by atoms with van der Waals surface area (Å²) < 4.78 is 5.30. The molecular weight excluding hydrogens is 336 g/mol. The van der Waals surface area contributed by atoms with E-state index in [0.29, 0.717) is 23.5 Å². The van der Waals surface area contributed by atoms with Gasteiger partial charge in [-0.05, 0) is 24.6 Å². The topological polar surface area (TPSA) is 78.3 Å². The van der Waals surface area contributed by atoms with Crippen LogP contribution in [0, 0.1) is 0 Å². The number of carbonyl (C=O) groups excluding carboxylic acids is 1. The first-order chi connectivity index (χ1) is 13.1. The minimum absolute atomic E-state index is 0.359. The first kappa shape index (κ1) is 23.3. The molecule has 0 atom stereocenters. The fourth-order valence-corrected chi connectivity index (χ4v) is 3.31. The lowest BCUT2D eigenvalue weighted by Crippen LogP contribution is -2.09. The van der Waals surface area contributed by atoms with E-state index < -0.39 is 0 Å². The van der Waals surface area contributed by atoms with Gasteiger partial charge in [-0.2, -0.15) is 0 Å². The van der Waals surface area contributed by atoms with Gasteiger partial charge in [0.05, 0.1) is 12.2 Å². The van der Waals surface area contributed by atoms with Crippen LogP contribution in [0.3, 0.4) is 0 Å². The van der Waals surface area contributed by atoms with Gasteiger partial charge in [-0.1, -0.05) is 90.4 Å². The average Bonchev–Trinajstić information content (AvgIpc) is 2.64. The van der Waals surface area contributed by atoms with Crippen LogP contribution in [-0.2, 0) is 4.74 Å². The molecule has 0 saturated carbocycles. The summed E-state index contributed by atoms with van der Waals surface area (Å²) in [5, 5.41) is 0. The molecule has 0 unspecified atom stereocenters. The number of hydrogen-bond donors (Lipinski definition) is 2. The van der Waals surface area contributed by atoms with Crippen LogP contribution in [0.5, 0.6) is 0 Å². The third-order valence-corrected chi connectivity index (χ3v) is 5.03. The van der Waals surface area contributed by atoms with Crippen molar-refractivity contribution in [2.24, 2.45) is 0 Å². The van der Waals surface area contributed by atoms with Crippen LogP contribution < -0.4 is 11.5 Å². The Hall–Kier alpha value is -1.71. The molecule has 0 heterocycles. The number of ether oxygens (including phenoxy) is 1. The molecular formula is C23H40N2O2. The molecule has 0 spiro atoms. The number of nitrogens with two attached hydrogens (primary N) is 2. The maximum Gasteiger partial charge on any atom is 0.340 e. The van der Waals surface area contributed by atoms with Gasteiger partial charge in [0.25, 0.3) is 0 Å². The molecule has 0 radical (unpaired) electrons. The minimum Gasteiger partial charge on any atom is -0.462 e. The number of carbonyl (C=O) groups is 1. The molecule has 4 N–H and O–H groups in total. The highest BCUT2D eigenvalue weighted by Gasteiger charge is 2.10. The Kier molecular flexibility index (Phi) is 13.3. The van der Waals surface area contributed by atoms with Crippen molar-refractivity contribution in [2.45, 2.75) is 96.8 Å². The second-order valence-electron chi connectivity index (χ2n) is 7.58. The summed E-state index contributed by atoms with van der Waals surface area (Å²) in [6.45, 7) is 2.73. The van der Waals surface area contributed by atoms with Crippen LogP contribution in [0.1, 0.15) is 107 Å². The fourth-order valence-electron chi connectivity index (χ4n) is 3.31. The van der Waals surface area contributed by atoms with Gasteiger partial charge < -0.3 is 16.2 Å². The molecule has 0 aromatic heterocycles. The second-order valence-corrected chi connectivity index (χ2v) is 7.58. The van der Waals surface area contributed by atoms with Crippen LogP contribution in [-0.4, -0.2) is 12.6 Å². The maximum atomic E-state index is 12.0. The van der Waals surface area contributed by atoms with E-state index in [9.17, 15) is 4.79 Å². The normalized spacial score (nSPS) is 10.9. The predicted molar refractivity (Wildman–Crippen MR) is 116 cm³/mol. The molecule has 1 rings (SSSR count). The zero-order valence-electron chi connectivity index (χ0n) is 17.3. The summed E-state index contributed by atoms with van der Waals surface area (Å²) in [7, 11) is 0. The Labute approximate surface area is 166 Å². The molecule has 0 aliphatic rings. The highest BCUT2D eigenvalue weighted by molar-refractivity contribution is 5.95. The van der Waals surface area contributed by atoms with Crippen molar-refractivity contribution in [1.29, 1.82) is 0 Å². The quantitative estimate of drug-likeness (QED) is 0.196. The molecule has 1 aromatic rings. The van der Waals surface area contributed by atoms with Gasteiger partial charge in [0.15, 0.2) is 0 Å². The lowest BCUT2D eigenvalue weighted by molar-refractivity contribution is 0.0499. The fraction of sp³-hybridized carbons (Fsp3) is 0.696. The Morgan fingerprint density at radius 2 is 1.26 bits per heavy atom. The van der Waals surface area contributed by atoms with E-state index in [0.717, 1.165) is 12.8 Å². The van der Waals surface area contributed by atoms with Crippen molar-refractivity contribution in [2.75, 3.05) is 18.1 Å². The number of anilines is 2. The Morgan fingerprint density at radius 1 is 0.778 bits per heavy atom. The van der Waals surface area contributed by atoms with Gasteiger partial charge in [-0.15, -0.1) is 0 Å². The monoisotopic (exact) mass is 376 g/mol. The Balaban J connectivity index is 1.88. The van der Waals surface area contributed by atoms with E-state index in [4.69, 9.17) is 16.2 Å². The van der Waals surface area contributed by atoms with E-state index in [1.165, 1.54) is 77.0 Å². The summed E-state index contributed by atoms with van der Waals surface area (Å²) in [6, 6.07) is 4.88. The largest absolute Gasteiger partial charge is 0.462 e. The van der Waals surface area contributed by atoms with Crippen LogP contribution in [0.4, 0.5) is 11.4 Å². The highest BCUT2D eigenvalue weighted by atomic mass is 16.5. The summed E-state index contributed by atoms with van der Waals surface area (Å²) in [6.07, 6.45) is 18.4. The van der Waals surface area contributed by atoms with Crippen LogP contribution in [0.25, 0.3) is 0 Å². The molecule has 0 amide bonds. The SMILES string of the molecule is CCCCCCCCCCCCCCCCOC(=O)c1ccc(N)cc1N. The molecule has 4 nitrogen and oxygen atoms in total. The summed E-state index contributed by atoms with van der Waals surface area (Å²) >= 11 is 0. The van der Waals surface area contributed by atoms with Crippen LogP contribution in [0.15, 0.2) is 18.2 Å². The maximum absolute atomic E-state index is 12.0. The number of nitrogen functional groups attached to an aromatic ring is 2. The highest BCUT2D eigenvalue weighted by Crippen LogP contribution is 2.17. The van der Waals surface area contributed by atoms with E-state index in [1.54, 1.807) is 18.2 Å². The Morgan fingerprint density at radius 3 is 1.74 bits per heavy atom. The lowest BCUT2D eigenvalue weighted by Gasteiger charge is -2.07. The summed E-state index contributed by atoms with van der Waals surface area (Å²) in [5.41, 5.74) is 12.8. The van der Waals surface area contributed by atoms with Gasteiger partial charge in [-0.25, -0.2) is 4.79 Å². The molecule has 0 fully saturated rings. The molecule has 4 heteroatoms. The number of benzene rings is 1. The molecule has 0 bridgehead atoms. The van der Waals surface area contributed by atoms with E-state index in [2.05, 4.69) is 6.92 Å². The molecule has 0 aliphatic heterocycles. The smallest absolute Gasteiger partial charge is 0.340 e. The first-order valence-electron chi connectivity index (χ1n) is 11.0. The number of hydrogen-bond acceptors (Lipinski definition) is 4. The van der Waals surface area contributed by atoms with Crippen molar-refractivity contribution < 1.29 is 9.53 Å². The van der Waals surface area contributed by atoms with Crippen molar-refractivity contribution in [3.63, 3.8) is 0 Å². The van der Waals surface area contributed by atoms with Crippen molar-refractivity contribution in [3.05, 3.63) is 23.8 Å². The number of unbranched alkanes of at least 4 members (excludes halogenated alkanes) is 13. The lowest BCUT2D eigenvalue weighted by atomic mass is 10.0. The standard InChI is InChI=1S/C23H40N2O2/c1-2-3-4-5-6-7-8-9-10-11-12-13-14-15-18-27-23(26)21-17-16-20(24)19-22(21)25/h16-17,19H,2-15,18,24-25H2,1H3. The minimum atomic E-state index is -0.359. The van der Waals surface area contributed by atoms with E-state index in [1.807, 2.05) is 0 Å². The van der Waals surface area contributed by atoms with Crippen molar-refractivity contribution in [3.8, 4) is 0 Å². The van der Waals surface area contributed by atoms with Gasteiger partial charge in [-0.3, -0.25) is 0 Å². The third kappa shape index (κ3) is 11.6. The Bertz CT molecular complexity index is 517. The van der Waals surface area contributed by atoms with Gasteiger partial charge in [0.1, 0.15) is 0 Å². The van der Waals surface area contributed by atoms with Gasteiger partial charge in [0.2, 0.25) is 0 Å². The first-order valence-corrected chi connectivity index (χ1v) is 11.0. The van der Waals surface area contributed by atoms with E-state index >= 15 is 0 Å². The molecule has 27 heavy (non-hydrogen) atoms. The zero-order chi connectivity index (χ0) is 19.7. The third-order valence-electron chi connectivity index (χ3n) is 5.03. The zero-order valence-corrected chi connectivity index (χ0v) is 17.3. The van der Waals surface area contributed by atoms with Crippen molar-refractivity contribution >= 4 is 17.3 Å². The average molecular weight is 377 g/mol. The number of esters is 1. The van der Waals surface area contributed by atoms with E-state index in [-0.39, 0.29) is 5.97 Å². The molecule has 154 valence electrons. The van der Waals surface area contributed by atoms with Crippen LogP contribution >= 0.6 is 0 Å². The predicted octanol–water partition coefficient (Wildman–Crippen LogP) is 6.49. The summed E-state index contributed by atoms with van der Waals surface area (Å²) in [5.74, 6) is -0.359. The summed E-state index contributed by atoms with van der Waals surface area (Å²) in [4.78, 5) is 12.0. The van der Waals surface area contributed by atoms with Gasteiger partial charge >= 0.3 is 5.97 Å². The van der Waals surface area contributed by atoms with Crippen LogP contribution in [0.2, 0.25) is 0 Å². The van der Waals surface area contributed by atoms with Gasteiger partial charge in [0, 0.05) is 11.4 Å². The molecule has 1 aromatic carbocycles.